The maximum absolute atomic E-state index is 5.34. The van der Waals surface area contributed by atoms with Crippen LogP contribution in [0.3, 0.4) is 0 Å². The van der Waals surface area contributed by atoms with Gasteiger partial charge in [0.05, 0.1) is 6.61 Å². The van der Waals surface area contributed by atoms with Gasteiger partial charge in [0.2, 0.25) is 0 Å². The predicted molar refractivity (Wildman–Crippen MR) is 55.1 cm³/mol. The van der Waals surface area contributed by atoms with Crippen molar-refractivity contribution >= 4 is 0 Å². The SMILES string of the molecule is COCOC[C@@H]1C[C@@H]1c1ccccc1. The summed E-state index contributed by atoms with van der Waals surface area (Å²) in [4.78, 5) is 0. The van der Waals surface area contributed by atoms with Crippen LogP contribution in [0, 0.1) is 5.92 Å². The quantitative estimate of drug-likeness (QED) is 0.527. The smallest absolute Gasteiger partial charge is 0.146 e. The molecule has 0 aromatic heterocycles. The van der Waals surface area contributed by atoms with Crippen LogP contribution in [-0.2, 0) is 9.47 Å². The molecule has 76 valence electrons. The minimum Gasteiger partial charge on any atom is -0.359 e. The lowest BCUT2D eigenvalue weighted by Crippen LogP contribution is -2.00. The average molecular weight is 192 g/mol. The molecule has 1 fully saturated rings. The lowest BCUT2D eigenvalue weighted by Gasteiger charge is -2.02. The Balaban J connectivity index is 1.76. The maximum atomic E-state index is 5.34. The Hall–Kier alpha value is -0.860. The number of methoxy groups -OCH3 is 1. The molecule has 1 saturated carbocycles. The minimum absolute atomic E-state index is 0.415. The first-order valence-corrected chi connectivity index (χ1v) is 5.03. The van der Waals surface area contributed by atoms with Gasteiger partial charge in [0.25, 0.3) is 0 Å². The zero-order valence-electron chi connectivity index (χ0n) is 8.48. The molecule has 1 aromatic carbocycles. The van der Waals surface area contributed by atoms with Crippen molar-refractivity contribution in [3.05, 3.63) is 35.9 Å². The lowest BCUT2D eigenvalue weighted by molar-refractivity contribution is -0.0348. The Morgan fingerprint density at radius 1 is 1.29 bits per heavy atom. The molecule has 0 amide bonds. The van der Waals surface area contributed by atoms with Crippen LogP contribution in [0.4, 0.5) is 0 Å². The molecule has 0 aliphatic heterocycles. The summed E-state index contributed by atoms with van der Waals surface area (Å²) in [7, 11) is 1.65. The normalized spacial score (nSPS) is 24.9. The van der Waals surface area contributed by atoms with Crippen molar-refractivity contribution in [1.29, 1.82) is 0 Å². The zero-order valence-corrected chi connectivity index (χ0v) is 8.48. The van der Waals surface area contributed by atoms with Gasteiger partial charge < -0.3 is 9.47 Å². The first-order valence-electron chi connectivity index (χ1n) is 5.03. The van der Waals surface area contributed by atoms with Crippen LogP contribution >= 0.6 is 0 Å². The third-order valence-corrected chi connectivity index (χ3v) is 2.68. The molecular weight excluding hydrogens is 176 g/mol. The van der Waals surface area contributed by atoms with E-state index in [0.717, 1.165) is 6.61 Å². The molecule has 0 N–H and O–H groups in total. The fraction of sp³-hybridized carbons (Fsp3) is 0.500. The average Bonchev–Trinajstić information content (AvgIpc) is 2.99. The van der Waals surface area contributed by atoms with Gasteiger partial charge in [-0.05, 0) is 23.8 Å². The van der Waals surface area contributed by atoms with Crippen LogP contribution in [0.25, 0.3) is 0 Å². The molecule has 2 atom stereocenters. The molecular formula is C12H16O2. The monoisotopic (exact) mass is 192 g/mol. The molecule has 2 rings (SSSR count). The Kier molecular flexibility index (Phi) is 3.17. The van der Waals surface area contributed by atoms with Gasteiger partial charge in [-0.25, -0.2) is 0 Å². The third kappa shape index (κ3) is 2.34. The third-order valence-electron chi connectivity index (χ3n) is 2.68. The van der Waals surface area contributed by atoms with E-state index in [2.05, 4.69) is 30.3 Å². The second-order valence-electron chi connectivity index (χ2n) is 3.79. The van der Waals surface area contributed by atoms with E-state index in [1.807, 2.05) is 0 Å². The Morgan fingerprint density at radius 3 is 2.79 bits per heavy atom. The topological polar surface area (TPSA) is 18.5 Å². The molecule has 2 heteroatoms. The second kappa shape index (κ2) is 4.58. The summed E-state index contributed by atoms with van der Waals surface area (Å²) in [5.41, 5.74) is 1.44. The van der Waals surface area contributed by atoms with Crippen molar-refractivity contribution < 1.29 is 9.47 Å². The fourth-order valence-corrected chi connectivity index (χ4v) is 1.82. The van der Waals surface area contributed by atoms with E-state index in [4.69, 9.17) is 9.47 Å². The highest BCUT2D eigenvalue weighted by Crippen LogP contribution is 2.47. The molecule has 0 bridgehead atoms. The van der Waals surface area contributed by atoms with E-state index in [0.29, 0.717) is 18.6 Å². The summed E-state index contributed by atoms with van der Waals surface area (Å²) in [6.07, 6.45) is 1.26. The van der Waals surface area contributed by atoms with Gasteiger partial charge in [-0.2, -0.15) is 0 Å². The van der Waals surface area contributed by atoms with Crippen molar-refractivity contribution in [3.8, 4) is 0 Å². The Bertz CT molecular complexity index is 271. The van der Waals surface area contributed by atoms with Crippen LogP contribution in [0.1, 0.15) is 17.9 Å². The van der Waals surface area contributed by atoms with Crippen molar-refractivity contribution in [2.24, 2.45) is 5.92 Å². The van der Waals surface area contributed by atoms with Crippen molar-refractivity contribution in [2.75, 3.05) is 20.5 Å². The molecule has 0 spiro atoms. The number of hydrogen-bond acceptors (Lipinski definition) is 2. The first-order chi connectivity index (χ1) is 6.92. The van der Waals surface area contributed by atoms with Gasteiger partial charge in [0.15, 0.2) is 0 Å². The summed E-state index contributed by atoms with van der Waals surface area (Å²) in [5, 5.41) is 0. The van der Waals surface area contributed by atoms with Crippen LogP contribution in [0.2, 0.25) is 0 Å². The molecule has 14 heavy (non-hydrogen) atoms. The van der Waals surface area contributed by atoms with Gasteiger partial charge in [-0.15, -0.1) is 0 Å². The molecule has 0 heterocycles. The number of rotatable bonds is 5. The Labute approximate surface area is 84.8 Å². The predicted octanol–water partition coefficient (Wildman–Crippen LogP) is 2.41. The van der Waals surface area contributed by atoms with Crippen molar-refractivity contribution in [3.63, 3.8) is 0 Å². The molecule has 0 saturated heterocycles. The minimum atomic E-state index is 0.415. The van der Waals surface area contributed by atoms with Gasteiger partial charge >= 0.3 is 0 Å². The molecule has 2 nitrogen and oxygen atoms in total. The van der Waals surface area contributed by atoms with E-state index in [1.54, 1.807) is 7.11 Å². The van der Waals surface area contributed by atoms with E-state index >= 15 is 0 Å². The summed E-state index contributed by atoms with van der Waals surface area (Å²) in [5.74, 6) is 1.42. The highest BCUT2D eigenvalue weighted by Gasteiger charge is 2.37. The first kappa shape index (κ1) is 9.69. The number of benzene rings is 1. The number of ether oxygens (including phenoxy) is 2. The van der Waals surface area contributed by atoms with E-state index in [-0.39, 0.29) is 0 Å². The number of hydrogen-bond donors (Lipinski definition) is 0. The molecule has 0 radical (unpaired) electrons. The van der Waals surface area contributed by atoms with Crippen molar-refractivity contribution in [2.45, 2.75) is 12.3 Å². The fourth-order valence-electron chi connectivity index (χ4n) is 1.82. The van der Waals surface area contributed by atoms with E-state index in [1.165, 1.54) is 12.0 Å². The summed E-state index contributed by atoms with van der Waals surface area (Å²) in [6.45, 7) is 1.24. The van der Waals surface area contributed by atoms with E-state index < -0.39 is 0 Å². The molecule has 0 unspecified atom stereocenters. The maximum Gasteiger partial charge on any atom is 0.146 e. The molecule has 1 aliphatic rings. The lowest BCUT2D eigenvalue weighted by atomic mass is 10.1. The largest absolute Gasteiger partial charge is 0.359 e. The van der Waals surface area contributed by atoms with Crippen LogP contribution < -0.4 is 0 Å². The van der Waals surface area contributed by atoms with Crippen LogP contribution in [-0.4, -0.2) is 20.5 Å². The Morgan fingerprint density at radius 2 is 2.07 bits per heavy atom. The van der Waals surface area contributed by atoms with Gasteiger partial charge in [-0.3, -0.25) is 0 Å². The van der Waals surface area contributed by atoms with Crippen LogP contribution in [0.5, 0.6) is 0 Å². The molecule has 1 aliphatic carbocycles. The van der Waals surface area contributed by atoms with Crippen molar-refractivity contribution in [1.82, 2.24) is 0 Å². The standard InChI is InChI=1S/C12H16O2/c1-13-9-14-8-11-7-12(11)10-5-3-2-4-6-10/h2-6,11-12H,7-9H2,1H3/t11-,12+/m0/s1. The summed E-state index contributed by atoms with van der Waals surface area (Å²) >= 11 is 0. The molecule has 1 aromatic rings. The second-order valence-corrected chi connectivity index (χ2v) is 3.79. The summed E-state index contributed by atoms with van der Waals surface area (Å²) in [6, 6.07) is 10.6. The highest BCUT2D eigenvalue weighted by molar-refractivity contribution is 5.25. The van der Waals surface area contributed by atoms with Gasteiger partial charge in [-0.1, -0.05) is 30.3 Å². The van der Waals surface area contributed by atoms with Gasteiger partial charge in [0.1, 0.15) is 6.79 Å². The van der Waals surface area contributed by atoms with Gasteiger partial charge in [0, 0.05) is 7.11 Å². The zero-order chi connectivity index (χ0) is 9.80. The summed E-state index contributed by atoms with van der Waals surface area (Å²) < 4.78 is 10.2. The highest BCUT2D eigenvalue weighted by atomic mass is 16.7. The van der Waals surface area contributed by atoms with E-state index in [9.17, 15) is 0 Å². The van der Waals surface area contributed by atoms with Crippen LogP contribution in [0.15, 0.2) is 30.3 Å².